The van der Waals surface area contributed by atoms with Crippen molar-refractivity contribution in [3.8, 4) is 0 Å². The third kappa shape index (κ3) is 4.72. The van der Waals surface area contributed by atoms with Crippen LogP contribution in [0.15, 0.2) is 0 Å². The number of rotatable bonds is 5. The van der Waals surface area contributed by atoms with Crippen LogP contribution in [0.25, 0.3) is 0 Å². The number of carboxylic acid groups (broad SMARTS) is 1. The molecule has 1 saturated heterocycles. The molecule has 0 spiro atoms. The van der Waals surface area contributed by atoms with Crippen molar-refractivity contribution >= 4 is 19.0 Å². The quantitative estimate of drug-likeness (QED) is 0.436. The second-order valence-electron chi connectivity index (χ2n) is 4.04. The molecule has 1 aliphatic heterocycles. The minimum atomic E-state index is -1.16. The van der Waals surface area contributed by atoms with E-state index in [2.05, 4.69) is 5.32 Å². The van der Waals surface area contributed by atoms with Crippen molar-refractivity contribution in [3.63, 3.8) is 0 Å². The maximum Gasteiger partial charge on any atom is 0.478 e. The number of hydrogen-bond donors (Lipinski definition) is 4. The predicted molar refractivity (Wildman–Crippen MR) is 59.9 cm³/mol. The lowest BCUT2D eigenvalue weighted by atomic mass is 9.72. The maximum absolute atomic E-state index is 11.3. The van der Waals surface area contributed by atoms with Crippen molar-refractivity contribution in [1.29, 1.82) is 0 Å². The van der Waals surface area contributed by atoms with Crippen molar-refractivity contribution in [1.82, 2.24) is 5.32 Å². The first kappa shape index (κ1) is 13.9. The molecule has 0 radical (unpaired) electrons. The van der Waals surface area contributed by atoms with Crippen molar-refractivity contribution in [3.05, 3.63) is 0 Å². The zero-order valence-corrected chi connectivity index (χ0v) is 9.46. The summed E-state index contributed by atoms with van der Waals surface area (Å²) in [6.07, 6.45) is 0.555. The van der Waals surface area contributed by atoms with Gasteiger partial charge in [-0.2, -0.15) is 0 Å². The summed E-state index contributed by atoms with van der Waals surface area (Å²) in [5, 5.41) is 20.8. The van der Waals surface area contributed by atoms with Crippen LogP contribution < -0.4 is 11.1 Å². The monoisotopic (exact) mass is 244 g/mol. The van der Waals surface area contributed by atoms with Crippen LogP contribution in [-0.2, 0) is 14.2 Å². The number of aliphatic carboxylic acids is 1. The molecule has 1 aliphatic rings. The summed E-state index contributed by atoms with van der Waals surface area (Å²) >= 11 is 0. The van der Waals surface area contributed by atoms with Gasteiger partial charge in [0.25, 0.3) is 0 Å². The van der Waals surface area contributed by atoms with Crippen molar-refractivity contribution < 1.29 is 24.4 Å². The van der Waals surface area contributed by atoms with Crippen LogP contribution in [0.3, 0.4) is 0 Å². The molecule has 5 N–H and O–H groups in total. The van der Waals surface area contributed by atoms with E-state index >= 15 is 0 Å². The highest BCUT2D eigenvalue weighted by molar-refractivity contribution is 6.45. The normalized spacial score (nSPS) is 24.5. The number of carbonyl (C=O) groups is 2. The predicted octanol–water partition coefficient (Wildman–Crippen LogP) is -1.51. The van der Waals surface area contributed by atoms with E-state index in [9.17, 15) is 14.6 Å². The third-order valence-corrected chi connectivity index (χ3v) is 2.60. The molecule has 0 unspecified atom stereocenters. The van der Waals surface area contributed by atoms with Gasteiger partial charge in [0.2, 0.25) is 5.91 Å². The van der Waals surface area contributed by atoms with Gasteiger partial charge in [-0.3, -0.25) is 9.59 Å². The zero-order valence-electron chi connectivity index (χ0n) is 9.46. The van der Waals surface area contributed by atoms with Gasteiger partial charge in [0.1, 0.15) is 0 Å². The first-order valence-corrected chi connectivity index (χ1v) is 5.57. The fourth-order valence-electron chi connectivity index (χ4n) is 1.77. The number of hydrogen-bond acceptors (Lipinski definition) is 5. The second-order valence-corrected chi connectivity index (χ2v) is 4.04. The third-order valence-electron chi connectivity index (χ3n) is 2.60. The molecule has 1 heterocycles. The minimum absolute atomic E-state index is 0.138. The Morgan fingerprint density at radius 2 is 2.18 bits per heavy atom. The Hall–Kier alpha value is -1.12. The second kappa shape index (κ2) is 6.58. The van der Waals surface area contributed by atoms with Gasteiger partial charge in [-0.05, 0) is 12.8 Å². The molecule has 0 aromatic carbocycles. The lowest BCUT2D eigenvalue weighted by Crippen LogP contribution is -2.53. The SMILES string of the molecule is NCCC(=O)N[C@H]1CC[C@@H](CC(=O)O)OB1O. The molecule has 0 aromatic rings. The Labute approximate surface area is 99.5 Å². The summed E-state index contributed by atoms with van der Waals surface area (Å²) in [6.45, 7) is 0.247. The summed E-state index contributed by atoms with van der Waals surface area (Å²) in [7, 11) is -1.16. The molecule has 0 bridgehead atoms. The fraction of sp³-hybridized carbons (Fsp3) is 0.778. The fourth-order valence-corrected chi connectivity index (χ4v) is 1.77. The van der Waals surface area contributed by atoms with Gasteiger partial charge in [0, 0.05) is 13.0 Å². The summed E-state index contributed by atoms with van der Waals surface area (Å²) in [5.74, 6) is -1.69. The number of amides is 1. The van der Waals surface area contributed by atoms with Gasteiger partial charge in [-0.15, -0.1) is 0 Å². The maximum atomic E-state index is 11.3. The van der Waals surface area contributed by atoms with Crippen LogP contribution in [0.1, 0.15) is 25.7 Å². The standard InChI is InChI=1S/C9H17BN2O5/c11-4-3-8(13)12-7-2-1-6(5-9(14)15)17-10(7)16/h6-7,16H,1-5,11H2,(H,12,13)(H,14,15)/t6-,7-/m0/s1. The zero-order chi connectivity index (χ0) is 12.8. The Kier molecular flexibility index (Phi) is 5.40. The van der Waals surface area contributed by atoms with E-state index in [1.807, 2.05) is 0 Å². The number of carbonyl (C=O) groups excluding carboxylic acids is 1. The van der Waals surface area contributed by atoms with Crippen LogP contribution >= 0.6 is 0 Å². The number of carboxylic acids is 1. The Balaban J connectivity index is 2.37. The van der Waals surface area contributed by atoms with Gasteiger partial charge in [-0.25, -0.2) is 0 Å². The highest BCUT2D eigenvalue weighted by atomic mass is 16.5. The highest BCUT2D eigenvalue weighted by Gasteiger charge is 2.36. The molecule has 96 valence electrons. The molecular weight excluding hydrogens is 227 g/mol. The Morgan fingerprint density at radius 1 is 1.47 bits per heavy atom. The Morgan fingerprint density at radius 3 is 2.71 bits per heavy atom. The lowest BCUT2D eigenvalue weighted by molar-refractivity contribution is -0.139. The van der Waals surface area contributed by atoms with Gasteiger partial charge >= 0.3 is 13.1 Å². The molecule has 1 rings (SSSR count). The number of nitrogens with two attached hydrogens (primary N) is 1. The van der Waals surface area contributed by atoms with Crippen LogP contribution in [0.4, 0.5) is 0 Å². The van der Waals surface area contributed by atoms with Gasteiger partial charge in [-0.1, -0.05) is 0 Å². The molecule has 0 aromatic heterocycles. The highest BCUT2D eigenvalue weighted by Crippen LogP contribution is 2.18. The molecule has 0 aliphatic carbocycles. The van der Waals surface area contributed by atoms with E-state index in [-0.39, 0.29) is 25.3 Å². The first-order valence-electron chi connectivity index (χ1n) is 5.57. The minimum Gasteiger partial charge on any atom is -0.481 e. The summed E-state index contributed by atoms with van der Waals surface area (Å²) in [5.41, 5.74) is 5.23. The first-order chi connectivity index (χ1) is 8.02. The molecule has 8 heteroatoms. The van der Waals surface area contributed by atoms with E-state index in [0.29, 0.717) is 12.8 Å². The van der Waals surface area contributed by atoms with Crippen LogP contribution in [0.5, 0.6) is 0 Å². The molecule has 2 atom stereocenters. The van der Waals surface area contributed by atoms with E-state index < -0.39 is 25.1 Å². The lowest BCUT2D eigenvalue weighted by Gasteiger charge is -2.30. The molecule has 0 saturated carbocycles. The van der Waals surface area contributed by atoms with Crippen LogP contribution in [-0.4, -0.2) is 47.7 Å². The van der Waals surface area contributed by atoms with Crippen molar-refractivity contribution in [2.75, 3.05) is 6.54 Å². The molecule has 17 heavy (non-hydrogen) atoms. The average molecular weight is 244 g/mol. The molecule has 7 nitrogen and oxygen atoms in total. The molecular formula is C9H17BN2O5. The smallest absolute Gasteiger partial charge is 0.478 e. The van der Waals surface area contributed by atoms with E-state index in [4.69, 9.17) is 15.5 Å². The van der Waals surface area contributed by atoms with Crippen LogP contribution in [0.2, 0.25) is 0 Å². The van der Waals surface area contributed by atoms with Gasteiger partial charge < -0.3 is 25.8 Å². The molecule has 1 amide bonds. The van der Waals surface area contributed by atoms with Crippen molar-refractivity contribution in [2.24, 2.45) is 5.73 Å². The van der Waals surface area contributed by atoms with E-state index in [1.165, 1.54) is 0 Å². The molecule has 1 fully saturated rings. The van der Waals surface area contributed by atoms with E-state index in [1.54, 1.807) is 0 Å². The summed E-state index contributed by atoms with van der Waals surface area (Å²) in [4.78, 5) is 21.7. The Bertz CT molecular complexity index is 289. The van der Waals surface area contributed by atoms with Crippen molar-refractivity contribution in [2.45, 2.75) is 37.7 Å². The van der Waals surface area contributed by atoms with Gasteiger partial charge in [0.15, 0.2) is 0 Å². The largest absolute Gasteiger partial charge is 0.481 e. The summed E-state index contributed by atoms with van der Waals surface area (Å²) < 4.78 is 5.12. The topological polar surface area (TPSA) is 122 Å². The summed E-state index contributed by atoms with van der Waals surface area (Å²) in [6, 6.07) is 0. The number of nitrogens with one attached hydrogen (secondary N) is 1. The van der Waals surface area contributed by atoms with Crippen LogP contribution in [0, 0.1) is 0 Å². The average Bonchev–Trinajstić information content (AvgIpc) is 2.21. The van der Waals surface area contributed by atoms with E-state index in [0.717, 1.165) is 0 Å². The van der Waals surface area contributed by atoms with Gasteiger partial charge in [0.05, 0.1) is 18.5 Å².